The van der Waals surface area contributed by atoms with E-state index >= 15 is 0 Å². The summed E-state index contributed by atoms with van der Waals surface area (Å²) in [5, 5.41) is 4.90. The summed E-state index contributed by atoms with van der Waals surface area (Å²) in [6.07, 6.45) is 3.55. The number of hydrogen-bond donors (Lipinski definition) is 0. The summed E-state index contributed by atoms with van der Waals surface area (Å²) in [6.45, 7) is 10.3. The molecular formula is C24H27FN6O2. The second kappa shape index (κ2) is 8.31. The van der Waals surface area contributed by atoms with Gasteiger partial charge in [0, 0.05) is 25.8 Å². The van der Waals surface area contributed by atoms with Crippen molar-refractivity contribution < 1.29 is 9.13 Å². The smallest absolute Gasteiger partial charge is 0.352 e. The van der Waals surface area contributed by atoms with Gasteiger partial charge in [-0.05, 0) is 56.0 Å². The molecule has 33 heavy (non-hydrogen) atoms. The number of fused-ring (bicyclic) bond motifs is 3. The zero-order valence-corrected chi connectivity index (χ0v) is 19.2. The minimum absolute atomic E-state index is 0.179. The van der Waals surface area contributed by atoms with Gasteiger partial charge in [-0.3, -0.25) is 9.47 Å². The molecule has 0 saturated carbocycles. The highest BCUT2D eigenvalue weighted by Crippen LogP contribution is 2.21. The van der Waals surface area contributed by atoms with Gasteiger partial charge in [0.2, 0.25) is 0 Å². The first-order chi connectivity index (χ1) is 15.8. The van der Waals surface area contributed by atoms with E-state index in [4.69, 9.17) is 4.74 Å². The van der Waals surface area contributed by atoms with Crippen molar-refractivity contribution in [2.75, 3.05) is 13.1 Å². The Morgan fingerprint density at radius 3 is 2.39 bits per heavy atom. The predicted octanol–water partition coefficient (Wildman–Crippen LogP) is 2.85. The molecule has 1 saturated heterocycles. The number of halogens is 1. The maximum atomic E-state index is 14.1. The van der Waals surface area contributed by atoms with Crippen molar-refractivity contribution in [1.82, 2.24) is 29.0 Å². The van der Waals surface area contributed by atoms with Crippen molar-refractivity contribution >= 4 is 16.7 Å². The van der Waals surface area contributed by atoms with Crippen LogP contribution in [0.3, 0.4) is 0 Å². The van der Waals surface area contributed by atoms with E-state index in [1.165, 1.54) is 10.8 Å². The maximum absolute atomic E-state index is 14.1. The molecule has 5 rings (SSSR count). The molecule has 4 aromatic rings. The number of pyridine rings is 1. The monoisotopic (exact) mass is 450 g/mol. The zero-order valence-electron chi connectivity index (χ0n) is 19.2. The number of hydrogen-bond acceptors (Lipinski definition) is 6. The van der Waals surface area contributed by atoms with Gasteiger partial charge in [0.05, 0.1) is 24.1 Å². The van der Waals surface area contributed by atoms with E-state index in [1.54, 1.807) is 30.5 Å². The molecule has 0 bridgehead atoms. The van der Waals surface area contributed by atoms with Gasteiger partial charge < -0.3 is 4.74 Å². The lowest BCUT2D eigenvalue weighted by Crippen LogP contribution is -2.44. The number of aryl methyl sites for hydroxylation is 2. The van der Waals surface area contributed by atoms with Crippen LogP contribution in [0, 0.1) is 19.7 Å². The summed E-state index contributed by atoms with van der Waals surface area (Å²) in [5.41, 5.74) is 3.65. The van der Waals surface area contributed by atoms with Crippen molar-refractivity contribution in [2.45, 2.75) is 53.0 Å². The molecule has 2 atom stereocenters. The van der Waals surface area contributed by atoms with E-state index in [9.17, 15) is 9.18 Å². The zero-order chi connectivity index (χ0) is 23.3. The molecule has 0 N–H and O–H groups in total. The summed E-state index contributed by atoms with van der Waals surface area (Å²) in [7, 11) is 0. The van der Waals surface area contributed by atoms with Crippen molar-refractivity contribution in [3.05, 3.63) is 69.3 Å². The van der Waals surface area contributed by atoms with Crippen molar-refractivity contribution in [1.29, 1.82) is 0 Å². The molecule has 3 aromatic heterocycles. The Balaban J connectivity index is 1.58. The Bertz CT molecular complexity index is 1380. The number of nitrogens with zero attached hydrogens (tertiary/aromatic N) is 6. The van der Waals surface area contributed by atoms with Gasteiger partial charge in [0.1, 0.15) is 17.8 Å². The quantitative estimate of drug-likeness (QED) is 0.476. The lowest BCUT2D eigenvalue weighted by Gasteiger charge is -2.35. The number of benzene rings is 1. The minimum Gasteiger partial charge on any atom is -0.373 e. The fourth-order valence-electron chi connectivity index (χ4n) is 4.86. The van der Waals surface area contributed by atoms with Crippen LogP contribution in [-0.2, 0) is 17.8 Å². The van der Waals surface area contributed by atoms with Crippen molar-refractivity contribution in [3.8, 4) is 0 Å². The first-order valence-corrected chi connectivity index (χ1v) is 11.1. The highest BCUT2D eigenvalue weighted by atomic mass is 19.1. The first kappa shape index (κ1) is 21.7. The fourth-order valence-corrected chi connectivity index (χ4v) is 4.86. The van der Waals surface area contributed by atoms with Gasteiger partial charge in [-0.15, -0.1) is 0 Å². The molecule has 1 aliphatic rings. The summed E-state index contributed by atoms with van der Waals surface area (Å²) < 4.78 is 22.8. The van der Waals surface area contributed by atoms with E-state index in [1.807, 2.05) is 12.3 Å². The van der Waals surface area contributed by atoms with Gasteiger partial charge in [0.15, 0.2) is 5.65 Å². The molecule has 1 aliphatic heterocycles. The van der Waals surface area contributed by atoms with Gasteiger partial charge in [0.25, 0.3) is 0 Å². The molecule has 9 heteroatoms. The summed E-state index contributed by atoms with van der Waals surface area (Å²) >= 11 is 0. The average Bonchev–Trinajstić information content (AvgIpc) is 3.25. The molecule has 0 unspecified atom stereocenters. The molecule has 1 aromatic carbocycles. The molecule has 0 aliphatic carbocycles. The highest BCUT2D eigenvalue weighted by Gasteiger charge is 2.23. The topological polar surface area (TPSA) is 77.5 Å². The van der Waals surface area contributed by atoms with Crippen LogP contribution in [-0.4, -0.2) is 54.3 Å². The van der Waals surface area contributed by atoms with Crippen LogP contribution in [0.25, 0.3) is 16.7 Å². The number of ether oxygens (including phenoxy) is 1. The Morgan fingerprint density at radius 1 is 1.00 bits per heavy atom. The van der Waals surface area contributed by atoms with Gasteiger partial charge in [-0.25, -0.2) is 19.2 Å². The molecular weight excluding hydrogens is 423 g/mol. The summed E-state index contributed by atoms with van der Waals surface area (Å²) in [4.78, 5) is 24.6. The third-order valence-electron chi connectivity index (χ3n) is 6.12. The number of aromatic nitrogens is 5. The number of morpholine rings is 1. The van der Waals surface area contributed by atoms with Crippen molar-refractivity contribution in [3.63, 3.8) is 0 Å². The van der Waals surface area contributed by atoms with Crippen LogP contribution in [0.2, 0.25) is 0 Å². The van der Waals surface area contributed by atoms with Crippen LogP contribution in [0.5, 0.6) is 0 Å². The fraction of sp³-hybridized carbons (Fsp3) is 0.417. The molecule has 8 nitrogen and oxygen atoms in total. The highest BCUT2D eigenvalue weighted by molar-refractivity contribution is 5.89. The van der Waals surface area contributed by atoms with Gasteiger partial charge in [-0.1, -0.05) is 12.1 Å². The summed E-state index contributed by atoms with van der Waals surface area (Å²) in [5.74, 6) is -0.225. The van der Waals surface area contributed by atoms with Crippen LogP contribution < -0.4 is 5.69 Å². The Kier molecular flexibility index (Phi) is 5.46. The summed E-state index contributed by atoms with van der Waals surface area (Å²) in [6, 6.07) is 5.57. The van der Waals surface area contributed by atoms with E-state index in [0.717, 1.165) is 36.1 Å². The lowest BCUT2D eigenvalue weighted by molar-refractivity contribution is -0.0705. The van der Waals surface area contributed by atoms with E-state index in [-0.39, 0.29) is 30.3 Å². The molecule has 0 amide bonds. The number of rotatable bonds is 4. The Labute approximate surface area is 190 Å². The second-order valence-corrected chi connectivity index (χ2v) is 9.07. The SMILES string of the molecule is Cc1cc(Cn2c(=O)n3ncnc3c3cc(CN4C[C@@H](C)O[C@@H](C)C4)cnc32)cc(C)c1F. The molecule has 172 valence electrons. The minimum atomic E-state index is -0.328. The second-order valence-electron chi connectivity index (χ2n) is 9.07. The standard InChI is InChI=1S/C24H27FN6O2/c1-14-5-18(6-15(2)21(14)25)12-30-22-20(23-27-13-28-31(23)24(30)32)7-19(8-26-22)11-29-9-16(3)33-17(4)10-29/h5-8,13,16-17H,9-12H2,1-4H3/t16-,17+. The average molecular weight is 451 g/mol. The van der Waals surface area contributed by atoms with Gasteiger partial charge in [-0.2, -0.15) is 9.61 Å². The van der Waals surface area contributed by atoms with Crippen LogP contribution >= 0.6 is 0 Å². The van der Waals surface area contributed by atoms with E-state index in [2.05, 4.69) is 33.8 Å². The first-order valence-electron chi connectivity index (χ1n) is 11.1. The van der Waals surface area contributed by atoms with E-state index < -0.39 is 0 Å². The van der Waals surface area contributed by atoms with Crippen LogP contribution in [0.4, 0.5) is 4.39 Å². The predicted molar refractivity (Wildman–Crippen MR) is 123 cm³/mol. The largest absolute Gasteiger partial charge is 0.373 e. The molecule has 1 fully saturated rings. The van der Waals surface area contributed by atoms with Crippen LogP contribution in [0.1, 0.15) is 36.1 Å². The van der Waals surface area contributed by atoms with E-state index in [0.29, 0.717) is 22.4 Å². The van der Waals surface area contributed by atoms with Crippen molar-refractivity contribution in [2.24, 2.45) is 0 Å². The maximum Gasteiger partial charge on any atom is 0.352 e. The lowest BCUT2D eigenvalue weighted by atomic mass is 10.1. The third-order valence-corrected chi connectivity index (χ3v) is 6.12. The van der Waals surface area contributed by atoms with Gasteiger partial charge >= 0.3 is 5.69 Å². The Morgan fingerprint density at radius 2 is 1.70 bits per heavy atom. The molecule has 0 radical (unpaired) electrons. The normalized spacial score (nSPS) is 19.5. The molecule has 4 heterocycles. The third kappa shape index (κ3) is 4.02. The molecule has 0 spiro atoms. The van der Waals surface area contributed by atoms with Crippen LogP contribution in [0.15, 0.2) is 35.5 Å². The Hall–Kier alpha value is -3.17.